The van der Waals surface area contributed by atoms with Gasteiger partial charge in [0, 0.05) is 0 Å². The molecule has 2 unspecified atom stereocenters. The topological polar surface area (TPSA) is 12.0 Å². The predicted octanol–water partition coefficient (Wildman–Crippen LogP) is 2.42. The lowest BCUT2D eigenvalue weighted by Crippen LogP contribution is -2.29. The molecule has 1 aliphatic carbocycles. The Morgan fingerprint density at radius 3 is 2.64 bits per heavy atom. The third-order valence-corrected chi connectivity index (χ3v) is 2.95. The van der Waals surface area contributed by atoms with E-state index in [-0.39, 0.29) is 0 Å². The quantitative estimate of drug-likeness (QED) is 0.660. The van der Waals surface area contributed by atoms with Crippen molar-refractivity contribution in [3.05, 3.63) is 0 Å². The molecule has 0 aromatic carbocycles. The zero-order valence-electron chi connectivity index (χ0n) is 7.90. The first-order valence-corrected chi connectivity index (χ1v) is 5.05. The molecule has 1 saturated carbocycles. The van der Waals surface area contributed by atoms with Crippen molar-refractivity contribution >= 4 is 0 Å². The molecule has 0 aliphatic heterocycles. The van der Waals surface area contributed by atoms with Gasteiger partial charge in [-0.15, -0.1) is 0 Å². The number of hydrogen-bond donors (Lipinski definition) is 1. The summed E-state index contributed by atoms with van der Waals surface area (Å²) in [6, 6.07) is 0. The molecule has 1 N–H and O–H groups in total. The predicted molar refractivity (Wildman–Crippen MR) is 49.7 cm³/mol. The smallest absolute Gasteiger partial charge is 0.00181 e. The lowest BCUT2D eigenvalue weighted by Gasteiger charge is -2.28. The highest BCUT2D eigenvalue weighted by atomic mass is 14.8. The van der Waals surface area contributed by atoms with Crippen LogP contribution in [-0.4, -0.2) is 13.1 Å². The Labute approximate surface area is 70.6 Å². The summed E-state index contributed by atoms with van der Waals surface area (Å²) in [6.45, 7) is 6.97. The van der Waals surface area contributed by atoms with E-state index >= 15 is 0 Å². The Hall–Kier alpha value is -0.0400. The fourth-order valence-electron chi connectivity index (χ4n) is 2.03. The van der Waals surface area contributed by atoms with Gasteiger partial charge in [0.05, 0.1) is 0 Å². The zero-order valence-corrected chi connectivity index (χ0v) is 7.90. The average molecular weight is 155 g/mol. The van der Waals surface area contributed by atoms with Crippen molar-refractivity contribution in [2.75, 3.05) is 13.1 Å². The average Bonchev–Trinajstić information content (AvgIpc) is 2.03. The van der Waals surface area contributed by atoms with Crippen LogP contribution < -0.4 is 5.32 Å². The minimum Gasteiger partial charge on any atom is -0.317 e. The first-order chi connectivity index (χ1) is 5.34. The van der Waals surface area contributed by atoms with Crippen molar-refractivity contribution in [1.29, 1.82) is 0 Å². The maximum Gasteiger partial charge on any atom is -0.00181 e. The molecule has 1 nitrogen and oxygen atoms in total. The van der Waals surface area contributed by atoms with Gasteiger partial charge in [0.1, 0.15) is 0 Å². The number of nitrogens with one attached hydrogen (secondary N) is 1. The van der Waals surface area contributed by atoms with E-state index < -0.39 is 0 Å². The van der Waals surface area contributed by atoms with Crippen LogP contribution in [0.25, 0.3) is 0 Å². The summed E-state index contributed by atoms with van der Waals surface area (Å²) in [5, 5.41) is 3.45. The largest absolute Gasteiger partial charge is 0.317 e. The molecule has 0 spiro atoms. The molecular weight excluding hydrogens is 134 g/mol. The lowest BCUT2D eigenvalue weighted by atomic mass is 9.80. The van der Waals surface area contributed by atoms with Crippen LogP contribution in [0.3, 0.4) is 0 Å². The Bertz CT molecular complexity index is 101. The lowest BCUT2D eigenvalue weighted by molar-refractivity contribution is 0.249. The van der Waals surface area contributed by atoms with Crippen LogP contribution in [0, 0.1) is 11.8 Å². The van der Waals surface area contributed by atoms with Gasteiger partial charge in [0.25, 0.3) is 0 Å². The Kier molecular flexibility index (Phi) is 3.92. The number of rotatable bonds is 3. The van der Waals surface area contributed by atoms with Gasteiger partial charge in [0.2, 0.25) is 0 Å². The molecule has 0 aromatic rings. The third kappa shape index (κ3) is 2.82. The molecule has 11 heavy (non-hydrogen) atoms. The van der Waals surface area contributed by atoms with Gasteiger partial charge in [0.15, 0.2) is 0 Å². The van der Waals surface area contributed by atoms with Gasteiger partial charge >= 0.3 is 0 Å². The third-order valence-electron chi connectivity index (χ3n) is 2.95. The van der Waals surface area contributed by atoms with Crippen molar-refractivity contribution in [1.82, 2.24) is 5.32 Å². The van der Waals surface area contributed by atoms with Crippen molar-refractivity contribution in [2.24, 2.45) is 11.8 Å². The van der Waals surface area contributed by atoms with E-state index in [1.807, 2.05) is 0 Å². The van der Waals surface area contributed by atoms with Gasteiger partial charge < -0.3 is 5.32 Å². The molecule has 0 heterocycles. The summed E-state index contributed by atoms with van der Waals surface area (Å²) in [5.74, 6) is 1.92. The molecule has 0 bridgehead atoms. The summed E-state index contributed by atoms with van der Waals surface area (Å²) < 4.78 is 0. The molecule has 66 valence electrons. The van der Waals surface area contributed by atoms with Crippen LogP contribution in [-0.2, 0) is 0 Å². The maximum absolute atomic E-state index is 3.45. The van der Waals surface area contributed by atoms with Gasteiger partial charge in [-0.3, -0.25) is 0 Å². The highest BCUT2D eigenvalue weighted by Gasteiger charge is 2.19. The highest BCUT2D eigenvalue weighted by molar-refractivity contribution is 4.73. The normalized spacial score (nSPS) is 32.2. The molecule has 0 saturated heterocycles. The Morgan fingerprint density at radius 1 is 1.27 bits per heavy atom. The monoisotopic (exact) mass is 155 g/mol. The summed E-state index contributed by atoms with van der Waals surface area (Å²) >= 11 is 0. The van der Waals surface area contributed by atoms with E-state index in [4.69, 9.17) is 0 Å². The zero-order chi connectivity index (χ0) is 8.10. The van der Waals surface area contributed by atoms with Crippen LogP contribution >= 0.6 is 0 Å². The molecule has 1 aliphatic rings. The van der Waals surface area contributed by atoms with Crippen molar-refractivity contribution in [3.63, 3.8) is 0 Å². The molecule has 0 amide bonds. The fraction of sp³-hybridized carbons (Fsp3) is 1.00. The highest BCUT2D eigenvalue weighted by Crippen LogP contribution is 2.28. The van der Waals surface area contributed by atoms with Crippen LogP contribution in [0.4, 0.5) is 0 Å². The Morgan fingerprint density at radius 2 is 2.00 bits per heavy atom. The number of hydrogen-bond acceptors (Lipinski definition) is 1. The minimum atomic E-state index is 0.961. The maximum atomic E-state index is 3.45. The van der Waals surface area contributed by atoms with Gasteiger partial charge in [-0.2, -0.15) is 0 Å². The SMILES string of the molecule is CCNCC1CCCCC1C. The molecular formula is C10H21N. The summed E-state index contributed by atoms with van der Waals surface area (Å²) in [6.07, 6.45) is 5.83. The van der Waals surface area contributed by atoms with E-state index in [0.717, 1.165) is 18.4 Å². The van der Waals surface area contributed by atoms with E-state index in [1.54, 1.807) is 0 Å². The molecule has 1 heteroatoms. The van der Waals surface area contributed by atoms with Gasteiger partial charge in [-0.25, -0.2) is 0 Å². The van der Waals surface area contributed by atoms with Crippen molar-refractivity contribution < 1.29 is 0 Å². The van der Waals surface area contributed by atoms with Crippen molar-refractivity contribution in [2.45, 2.75) is 39.5 Å². The van der Waals surface area contributed by atoms with Gasteiger partial charge in [-0.1, -0.05) is 33.1 Å². The minimum absolute atomic E-state index is 0.961. The van der Waals surface area contributed by atoms with E-state index in [2.05, 4.69) is 19.2 Å². The van der Waals surface area contributed by atoms with E-state index in [0.29, 0.717) is 0 Å². The second-order valence-electron chi connectivity index (χ2n) is 3.83. The molecule has 2 atom stereocenters. The van der Waals surface area contributed by atoms with Crippen LogP contribution in [0.5, 0.6) is 0 Å². The van der Waals surface area contributed by atoms with Gasteiger partial charge in [-0.05, 0) is 31.3 Å². The van der Waals surface area contributed by atoms with Crippen LogP contribution in [0.15, 0.2) is 0 Å². The molecule has 0 aromatic heterocycles. The summed E-state index contributed by atoms with van der Waals surface area (Å²) in [4.78, 5) is 0. The van der Waals surface area contributed by atoms with E-state index in [9.17, 15) is 0 Å². The molecule has 1 rings (SSSR count). The first-order valence-electron chi connectivity index (χ1n) is 5.05. The first kappa shape index (κ1) is 9.05. The van der Waals surface area contributed by atoms with Crippen molar-refractivity contribution in [3.8, 4) is 0 Å². The Balaban J connectivity index is 2.18. The molecule has 1 fully saturated rings. The van der Waals surface area contributed by atoms with E-state index in [1.165, 1.54) is 32.2 Å². The molecule has 0 radical (unpaired) electrons. The summed E-state index contributed by atoms with van der Waals surface area (Å²) in [7, 11) is 0. The summed E-state index contributed by atoms with van der Waals surface area (Å²) in [5.41, 5.74) is 0. The van der Waals surface area contributed by atoms with Crippen LogP contribution in [0.1, 0.15) is 39.5 Å². The standard InChI is InChI=1S/C10H21N/c1-3-11-8-10-7-5-4-6-9(10)2/h9-11H,3-8H2,1-2H3. The fourth-order valence-corrected chi connectivity index (χ4v) is 2.03. The second kappa shape index (κ2) is 4.76. The van der Waals surface area contributed by atoms with Crippen LogP contribution in [0.2, 0.25) is 0 Å². The second-order valence-corrected chi connectivity index (χ2v) is 3.83.